The van der Waals surface area contributed by atoms with E-state index in [0.29, 0.717) is 6.54 Å². The second-order valence-electron chi connectivity index (χ2n) is 3.97. The summed E-state index contributed by atoms with van der Waals surface area (Å²) in [6.45, 7) is 5.77. The fraction of sp³-hybridized carbons (Fsp3) is 0.667. The lowest BCUT2D eigenvalue weighted by molar-refractivity contribution is -0.703. The molecule has 16 heavy (non-hydrogen) atoms. The molecule has 0 aliphatic rings. The maximum Gasteiger partial charge on any atom is 0.256 e. The Kier molecular flexibility index (Phi) is 5.02. The van der Waals surface area contributed by atoms with Gasteiger partial charge in [0.1, 0.15) is 12.4 Å². The van der Waals surface area contributed by atoms with E-state index in [1.807, 2.05) is 17.0 Å². The highest BCUT2D eigenvalue weighted by molar-refractivity contribution is 5.64. The number of hydrogen-bond donors (Lipinski definition) is 0. The Morgan fingerprint density at radius 1 is 1.44 bits per heavy atom. The number of aromatic nitrogens is 2. The summed E-state index contributed by atoms with van der Waals surface area (Å²) in [4.78, 5) is 10.4. The third-order valence-corrected chi connectivity index (χ3v) is 2.58. The van der Waals surface area contributed by atoms with Gasteiger partial charge in [0.25, 0.3) is 5.82 Å². The van der Waals surface area contributed by atoms with Crippen molar-refractivity contribution in [2.45, 2.75) is 52.6 Å². The Morgan fingerprint density at radius 3 is 2.75 bits per heavy atom. The van der Waals surface area contributed by atoms with Gasteiger partial charge >= 0.3 is 0 Å². The average molecular weight is 224 g/mol. The first kappa shape index (κ1) is 12.7. The van der Waals surface area contributed by atoms with Gasteiger partial charge < -0.3 is 9.90 Å². The van der Waals surface area contributed by atoms with Crippen LogP contribution in [0.1, 0.15) is 38.9 Å². The molecule has 0 bridgehead atoms. The molecule has 0 radical (unpaired) electrons. The van der Waals surface area contributed by atoms with Crippen molar-refractivity contribution >= 4 is 5.97 Å². The Hall–Kier alpha value is -1.32. The van der Waals surface area contributed by atoms with Crippen LogP contribution in [-0.4, -0.2) is 10.5 Å². The van der Waals surface area contributed by atoms with Crippen molar-refractivity contribution in [1.82, 2.24) is 4.57 Å². The number of nitrogens with zero attached hydrogens (tertiary/aromatic N) is 2. The second-order valence-corrected chi connectivity index (χ2v) is 3.97. The van der Waals surface area contributed by atoms with Crippen molar-refractivity contribution in [3.05, 3.63) is 18.2 Å². The van der Waals surface area contributed by atoms with Crippen molar-refractivity contribution < 1.29 is 14.5 Å². The number of imidazole rings is 1. The molecule has 0 aromatic carbocycles. The molecule has 0 fully saturated rings. The molecule has 0 N–H and O–H groups in total. The number of carbonyl (C=O) groups is 1. The van der Waals surface area contributed by atoms with Gasteiger partial charge in [0.15, 0.2) is 0 Å². The summed E-state index contributed by atoms with van der Waals surface area (Å²) < 4.78 is 4.23. The van der Waals surface area contributed by atoms with E-state index in [0.717, 1.165) is 25.8 Å². The van der Waals surface area contributed by atoms with Gasteiger partial charge in [-0.3, -0.25) is 0 Å². The SMILES string of the molecule is CCCc1n(CCC(=O)[O-])cc[n+]1CCC. The smallest absolute Gasteiger partial charge is 0.256 e. The van der Waals surface area contributed by atoms with Gasteiger partial charge in [0.2, 0.25) is 0 Å². The summed E-state index contributed by atoms with van der Waals surface area (Å²) >= 11 is 0. The van der Waals surface area contributed by atoms with Gasteiger partial charge in [-0.15, -0.1) is 0 Å². The van der Waals surface area contributed by atoms with Crippen LogP contribution >= 0.6 is 0 Å². The fourth-order valence-corrected chi connectivity index (χ4v) is 1.87. The lowest BCUT2D eigenvalue weighted by atomic mass is 10.3. The quantitative estimate of drug-likeness (QED) is 0.625. The summed E-state index contributed by atoms with van der Waals surface area (Å²) in [6.07, 6.45) is 7.22. The zero-order valence-electron chi connectivity index (χ0n) is 10.1. The van der Waals surface area contributed by atoms with Crippen molar-refractivity contribution in [2.75, 3.05) is 0 Å². The Balaban J connectivity index is 2.77. The van der Waals surface area contributed by atoms with E-state index in [2.05, 4.69) is 18.4 Å². The molecule has 1 aromatic heterocycles. The number of aliphatic carboxylic acids is 1. The fourth-order valence-electron chi connectivity index (χ4n) is 1.87. The summed E-state index contributed by atoms with van der Waals surface area (Å²) in [6, 6.07) is 0. The lowest BCUT2D eigenvalue weighted by Crippen LogP contribution is -2.37. The number of carboxylic acids is 1. The van der Waals surface area contributed by atoms with E-state index in [9.17, 15) is 9.90 Å². The highest BCUT2D eigenvalue weighted by atomic mass is 16.4. The standard InChI is InChI=1S/C12H20N2O2/c1-3-5-11-13(7-4-2)9-10-14(11)8-6-12(15)16/h9-10H,3-8H2,1-2H3. The molecule has 0 saturated heterocycles. The van der Waals surface area contributed by atoms with Gasteiger partial charge in [0.05, 0.1) is 13.1 Å². The zero-order chi connectivity index (χ0) is 12.0. The van der Waals surface area contributed by atoms with Crippen LogP contribution in [0.2, 0.25) is 0 Å². The number of carboxylic acid groups (broad SMARTS) is 1. The number of rotatable bonds is 7. The third kappa shape index (κ3) is 3.36. The van der Waals surface area contributed by atoms with E-state index in [-0.39, 0.29) is 6.42 Å². The van der Waals surface area contributed by atoms with E-state index >= 15 is 0 Å². The van der Waals surface area contributed by atoms with Crippen LogP contribution in [0.3, 0.4) is 0 Å². The molecule has 0 aliphatic heterocycles. The summed E-state index contributed by atoms with van der Waals surface area (Å²) in [5.74, 6) is 0.226. The molecule has 0 amide bonds. The minimum absolute atomic E-state index is 0.0809. The molecule has 1 heterocycles. The number of hydrogen-bond acceptors (Lipinski definition) is 2. The first-order valence-electron chi connectivity index (χ1n) is 5.96. The molecule has 90 valence electrons. The topological polar surface area (TPSA) is 48.9 Å². The van der Waals surface area contributed by atoms with Gasteiger partial charge in [-0.05, 0) is 12.8 Å². The molecular weight excluding hydrogens is 204 g/mol. The van der Waals surface area contributed by atoms with Crippen molar-refractivity contribution in [2.24, 2.45) is 0 Å². The first-order chi connectivity index (χ1) is 7.69. The number of carbonyl (C=O) groups excluding carboxylic acids is 1. The maximum absolute atomic E-state index is 10.4. The largest absolute Gasteiger partial charge is 0.550 e. The van der Waals surface area contributed by atoms with Gasteiger partial charge in [0, 0.05) is 18.8 Å². The van der Waals surface area contributed by atoms with Gasteiger partial charge in [-0.25, -0.2) is 9.13 Å². The molecule has 0 aliphatic carbocycles. The molecule has 1 rings (SSSR count). The molecule has 0 unspecified atom stereocenters. The van der Waals surface area contributed by atoms with E-state index in [1.165, 1.54) is 5.82 Å². The monoisotopic (exact) mass is 224 g/mol. The predicted molar refractivity (Wildman–Crippen MR) is 58.5 cm³/mol. The molecule has 0 saturated carbocycles. The highest BCUT2D eigenvalue weighted by Gasteiger charge is 2.14. The van der Waals surface area contributed by atoms with Gasteiger partial charge in [-0.2, -0.15) is 0 Å². The molecule has 4 heteroatoms. The summed E-state index contributed by atoms with van der Waals surface area (Å²) in [5.41, 5.74) is 0. The molecule has 0 spiro atoms. The van der Waals surface area contributed by atoms with Crippen LogP contribution in [0, 0.1) is 0 Å². The Morgan fingerprint density at radius 2 is 2.19 bits per heavy atom. The van der Waals surface area contributed by atoms with Crippen LogP contribution in [0.15, 0.2) is 12.4 Å². The maximum atomic E-state index is 10.4. The van der Waals surface area contributed by atoms with Crippen molar-refractivity contribution in [3.63, 3.8) is 0 Å². The highest BCUT2D eigenvalue weighted by Crippen LogP contribution is 2.01. The number of aryl methyl sites for hydroxylation is 2. The van der Waals surface area contributed by atoms with Crippen LogP contribution < -0.4 is 9.67 Å². The third-order valence-electron chi connectivity index (χ3n) is 2.58. The first-order valence-corrected chi connectivity index (χ1v) is 5.96. The Bertz CT molecular complexity index is 345. The van der Waals surface area contributed by atoms with Gasteiger partial charge in [-0.1, -0.05) is 13.8 Å². The predicted octanol–water partition coefficient (Wildman–Crippen LogP) is 0.278. The van der Waals surface area contributed by atoms with E-state index < -0.39 is 5.97 Å². The molecule has 0 atom stereocenters. The Labute approximate surface area is 96.5 Å². The van der Waals surface area contributed by atoms with Crippen LogP contribution in [-0.2, 0) is 24.3 Å². The van der Waals surface area contributed by atoms with E-state index in [1.54, 1.807) is 0 Å². The van der Waals surface area contributed by atoms with Crippen molar-refractivity contribution in [1.29, 1.82) is 0 Å². The normalized spacial score (nSPS) is 10.6. The van der Waals surface area contributed by atoms with Crippen LogP contribution in [0.4, 0.5) is 0 Å². The minimum atomic E-state index is -0.988. The molecule has 1 aromatic rings. The summed E-state index contributed by atoms with van der Waals surface area (Å²) in [5, 5.41) is 10.4. The van der Waals surface area contributed by atoms with Crippen LogP contribution in [0.25, 0.3) is 0 Å². The van der Waals surface area contributed by atoms with Crippen molar-refractivity contribution in [3.8, 4) is 0 Å². The second kappa shape index (κ2) is 6.30. The molecular formula is C12H20N2O2. The minimum Gasteiger partial charge on any atom is -0.550 e. The zero-order valence-corrected chi connectivity index (χ0v) is 10.1. The van der Waals surface area contributed by atoms with E-state index in [4.69, 9.17) is 0 Å². The summed E-state index contributed by atoms with van der Waals surface area (Å²) in [7, 11) is 0. The average Bonchev–Trinajstić information content (AvgIpc) is 2.60. The molecule has 4 nitrogen and oxygen atoms in total. The lowest BCUT2D eigenvalue weighted by Gasteiger charge is -2.04. The van der Waals surface area contributed by atoms with Crippen LogP contribution in [0.5, 0.6) is 0 Å².